The highest BCUT2D eigenvalue weighted by Crippen LogP contribution is 2.24. The molecule has 0 aliphatic carbocycles. The molecule has 0 bridgehead atoms. The first kappa shape index (κ1) is 18.6. The van der Waals surface area contributed by atoms with E-state index in [-0.39, 0.29) is 0 Å². The predicted octanol–water partition coefficient (Wildman–Crippen LogP) is 4.15. The van der Waals surface area contributed by atoms with Crippen LogP contribution in [-0.2, 0) is 12.8 Å². The van der Waals surface area contributed by atoms with Crippen molar-refractivity contribution < 1.29 is 4.74 Å². The van der Waals surface area contributed by atoms with Gasteiger partial charge in [0.25, 0.3) is 0 Å². The van der Waals surface area contributed by atoms with Gasteiger partial charge in [0.1, 0.15) is 5.75 Å². The van der Waals surface area contributed by atoms with Gasteiger partial charge < -0.3 is 15.4 Å². The van der Waals surface area contributed by atoms with Gasteiger partial charge in [-0.25, -0.2) is 0 Å². The zero-order chi connectivity index (χ0) is 19.1. The number of aromatic nitrogens is 3. The monoisotopic (exact) mass is 363 g/mol. The molecular weight excluding hydrogens is 338 g/mol. The second-order valence-electron chi connectivity index (χ2n) is 6.24. The van der Waals surface area contributed by atoms with Crippen LogP contribution < -0.4 is 15.4 Å². The zero-order valence-electron chi connectivity index (χ0n) is 16.0. The minimum absolute atomic E-state index is 0.501. The Hall–Kier alpha value is -3.15. The number of aryl methyl sites for hydroxylation is 2. The quantitative estimate of drug-likeness (QED) is 0.626. The average molecular weight is 363 g/mol. The van der Waals surface area contributed by atoms with Crippen LogP contribution in [0.2, 0.25) is 0 Å². The van der Waals surface area contributed by atoms with Crippen molar-refractivity contribution in [1.82, 2.24) is 15.2 Å². The van der Waals surface area contributed by atoms with Crippen molar-refractivity contribution in [3.05, 3.63) is 65.4 Å². The number of anilines is 3. The molecule has 6 nitrogen and oxygen atoms in total. The van der Waals surface area contributed by atoms with E-state index in [0.29, 0.717) is 18.3 Å². The van der Waals surface area contributed by atoms with Crippen molar-refractivity contribution in [3.8, 4) is 5.75 Å². The maximum atomic E-state index is 5.39. The second kappa shape index (κ2) is 8.98. The molecule has 0 saturated carbocycles. The largest absolute Gasteiger partial charge is 0.496 e. The number of nitrogens with zero attached hydrogens (tertiary/aromatic N) is 3. The summed E-state index contributed by atoms with van der Waals surface area (Å²) in [5.41, 5.74) is 4.65. The third-order valence-electron chi connectivity index (χ3n) is 4.42. The van der Waals surface area contributed by atoms with Crippen molar-refractivity contribution in [1.29, 1.82) is 0 Å². The Kier molecular flexibility index (Phi) is 6.20. The number of hydrogen-bond donors (Lipinski definition) is 2. The van der Waals surface area contributed by atoms with E-state index in [0.717, 1.165) is 29.8 Å². The zero-order valence-corrected chi connectivity index (χ0v) is 16.0. The minimum Gasteiger partial charge on any atom is -0.496 e. The molecule has 3 aromatic rings. The maximum absolute atomic E-state index is 5.39. The standard InChI is InChI=1S/C21H25N5O/c1-4-16-10-7-8-15(2)20(16)24-19-14-23-26-21(25-19)22-13-12-17-9-5-6-11-18(17)27-3/h5-11,14H,4,12-13H2,1-3H3,(H2,22,24,25,26). The van der Waals surface area contributed by atoms with Crippen LogP contribution in [0.15, 0.2) is 48.7 Å². The van der Waals surface area contributed by atoms with Crippen molar-refractivity contribution >= 4 is 17.5 Å². The van der Waals surface area contributed by atoms with E-state index in [1.165, 1.54) is 11.1 Å². The highest BCUT2D eigenvalue weighted by atomic mass is 16.5. The van der Waals surface area contributed by atoms with Crippen LogP contribution >= 0.6 is 0 Å². The van der Waals surface area contributed by atoms with Crippen LogP contribution in [0.3, 0.4) is 0 Å². The fourth-order valence-corrected chi connectivity index (χ4v) is 2.99. The van der Waals surface area contributed by atoms with Crippen LogP contribution in [0.1, 0.15) is 23.6 Å². The number of benzene rings is 2. The number of nitrogens with one attached hydrogen (secondary N) is 2. The van der Waals surface area contributed by atoms with E-state index < -0.39 is 0 Å². The number of rotatable bonds is 8. The molecular formula is C21H25N5O. The molecule has 0 amide bonds. The molecule has 0 spiro atoms. The van der Waals surface area contributed by atoms with E-state index >= 15 is 0 Å². The lowest BCUT2D eigenvalue weighted by Gasteiger charge is -2.13. The van der Waals surface area contributed by atoms with Crippen LogP contribution in [0.5, 0.6) is 5.75 Å². The Morgan fingerprint density at radius 2 is 1.85 bits per heavy atom. The van der Waals surface area contributed by atoms with E-state index in [1.54, 1.807) is 13.3 Å². The fourth-order valence-electron chi connectivity index (χ4n) is 2.99. The summed E-state index contributed by atoms with van der Waals surface area (Å²) >= 11 is 0. The first-order valence-corrected chi connectivity index (χ1v) is 9.12. The third kappa shape index (κ3) is 4.73. The lowest BCUT2D eigenvalue weighted by Crippen LogP contribution is -2.10. The first-order valence-electron chi connectivity index (χ1n) is 9.12. The summed E-state index contributed by atoms with van der Waals surface area (Å²) in [6.07, 6.45) is 3.40. The molecule has 2 aromatic carbocycles. The highest BCUT2D eigenvalue weighted by Gasteiger charge is 2.07. The summed E-state index contributed by atoms with van der Waals surface area (Å²) in [4.78, 5) is 4.53. The van der Waals surface area contributed by atoms with E-state index in [4.69, 9.17) is 4.74 Å². The normalized spacial score (nSPS) is 10.5. The smallest absolute Gasteiger partial charge is 0.244 e. The lowest BCUT2D eigenvalue weighted by atomic mass is 10.1. The van der Waals surface area contributed by atoms with Crippen LogP contribution in [-0.4, -0.2) is 28.8 Å². The van der Waals surface area contributed by atoms with Gasteiger partial charge in [0.05, 0.1) is 13.3 Å². The molecule has 1 heterocycles. The van der Waals surface area contributed by atoms with Crippen molar-refractivity contribution in [2.45, 2.75) is 26.7 Å². The van der Waals surface area contributed by atoms with Gasteiger partial charge in [0.15, 0.2) is 5.82 Å². The molecule has 0 saturated heterocycles. The molecule has 1 aromatic heterocycles. The maximum Gasteiger partial charge on any atom is 0.244 e. The first-order chi connectivity index (χ1) is 13.2. The third-order valence-corrected chi connectivity index (χ3v) is 4.42. The summed E-state index contributed by atoms with van der Waals surface area (Å²) in [7, 11) is 1.69. The Labute approximate surface area is 160 Å². The summed E-state index contributed by atoms with van der Waals surface area (Å²) in [5, 5.41) is 14.8. The van der Waals surface area contributed by atoms with Gasteiger partial charge in [-0.1, -0.05) is 43.3 Å². The Balaban J connectivity index is 1.66. The van der Waals surface area contributed by atoms with Crippen LogP contribution in [0, 0.1) is 6.92 Å². The number of para-hydroxylation sites is 2. The minimum atomic E-state index is 0.501. The average Bonchev–Trinajstić information content (AvgIpc) is 2.70. The Bertz CT molecular complexity index is 897. The van der Waals surface area contributed by atoms with Gasteiger partial charge in [-0.2, -0.15) is 10.1 Å². The van der Waals surface area contributed by atoms with E-state index in [9.17, 15) is 0 Å². The Morgan fingerprint density at radius 3 is 2.67 bits per heavy atom. The second-order valence-corrected chi connectivity index (χ2v) is 6.24. The molecule has 0 aliphatic rings. The SMILES string of the molecule is CCc1cccc(C)c1Nc1cnnc(NCCc2ccccc2OC)n1. The molecule has 6 heteroatoms. The summed E-state index contributed by atoms with van der Waals surface area (Å²) in [5.74, 6) is 2.07. The molecule has 140 valence electrons. The molecule has 0 fully saturated rings. The van der Waals surface area contributed by atoms with Gasteiger partial charge >= 0.3 is 0 Å². The number of ether oxygens (including phenoxy) is 1. The van der Waals surface area contributed by atoms with Crippen LogP contribution in [0.25, 0.3) is 0 Å². The van der Waals surface area contributed by atoms with Crippen molar-refractivity contribution in [3.63, 3.8) is 0 Å². The Morgan fingerprint density at radius 1 is 1.04 bits per heavy atom. The molecule has 0 radical (unpaired) electrons. The molecule has 2 N–H and O–H groups in total. The van der Waals surface area contributed by atoms with Gasteiger partial charge in [0.2, 0.25) is 5.95 Å². The van der Waals surface area contributed by atoms with Crippen LogP contribution in [0.4, 0.5) is 17.5 Å². The topological polar surface area (TPSA) is 72.0 Å². The number of methoxy groups -OCH3 is 1. The summed E-state index contributed by atoms with van der Waals surface area (Å²) < 4.78 is 5.39. The molecule has 0 unspecified atom stereocenters. The van der Waals surface area contributed by atoms with E-state index in [1.807, 2.05) is 18.2 Å². The highest BCUT2D eigenvalue weighted by molar-refractivity contribution is 5.64. The van der Waals surface area contributed by atoms with Crippen molar-refractivity contribution in [2.75, 3.05) is 24.3 Å². The van der Waals surface area contributed by atoms with Gasteiger partial charge in [-0.15, -0.1) is 5.10 Å². The number of hydrogen-bond acceptors (Lipinski definition) is 6. The predicted molar refractivity (Wildman–Crippen MR) is 109 cm³/mol. The molecule has 0 atom stereocenters. The lowest BCUT2D eigenvalue weighted by molar-refractivity contribution is 0.410. The molecule has 0 aliphatic heterocycles. The summed E-state index contributed by atoms with van der Waals surface area (Å²) in [6.45, 7) is 4.92. The molecule has 27 heavy (non-hydrogen) atoms. The van der Waals surface area contributed by atoms with Gasteiger partial charge in [0, 0.05) is 12.2 Å². The fraction of sp³-hybridized carbons (Fsp3) is 0.286. The molecule has 3 rings (SSSR count). The van der Waals surface area contributed by atoms with Crippen molar-refractivity contribution in [2.24, 2.45) is 0 Å². The summed E-state index contributed by atoms with van der Waals surface area (Å²) in [6, 6.07) is 14.3. The van der Waals surface area contributed by atoms with Gasteiger partial charge in [-0.3, -0.25) is 0 Å². The van der Waals surface area contributed by atoms with E-state index in [2.05, 4.69) is 63.9 Å². The van der Waals surface area contributed by atoms with Gasteiger partial charge in [-0.05, 0) is 42.5 Å².